The van der Waals surface area contributed by atoms with E-state index in [1.54, 1.807) is 0 Å². The van der Waals surface area contributed by atoms with Gasteiger partial charge in [-0.05, 0) is 24.0 Å². The Kier molecular flexibility index (Phi) is 4.63. The summed E-state index contributed by atoms with van der Waals surface area (Å²) >= 11 is 3.45. The third-order valence-corrected chi connectivity index (χ3v) is 3.28. The zero-order valence-electron chi connectivity index (χ0n) is 8.83. The minimum atomic E-state index is 0.0555. The molecule has 78 valence electrons. The van der Waals surface area contributed by atoms with Crippen molar-refractivity contribution < 1.29 is 0 Å². The molecular formula is C12H18BrN. The number of alkyl halides is 1. The highest BCUT2D eigenvalue weighted by molar-refractivity contribution is 9.09. The van der Waals surface area contributed by atoms with Gasteiger partial charge in [0.05, 0.1) is 4.95 Å². The standard InChI is InChI=1S/C12H18BrN/c1-3-9-5-7-10(8-6-9)11(4-2)12(13)14/h5-8,11-12H,3-4,14H2,1-2H3. The molecule has 0 bridgehead atoms. The molecule has 1 aromatic rings. The highest BCUT2D eigenvalue weighted by Crippen LogP contribution is 2.25. The molecule has 0 saturated heterocycles. The van der Waals surface area contributed by atoms with Crippen LogP contribution in [0.15, 0.2) is 24.3 Å². The van der Waals surface area contributed by atoms with Crippen LogP contribution in [0, 0.1) is 0 Å². The fraction of sp³-hybridized carbons (Fsp3) is 0.500. The summed E-state index contributed by atoms with van der Waals surface area (Å²) in [5.41, 5.74) is 8.58. The van der Waals surface area contributed by atoms with E-state index in [4.69, 9.17) is 5.73 Å². The first-order chi connectivity index (χ1) is 6.69. The van der Waals surface area contributed by atoms with E-state index in [1.807, 2.05) is 0 Å². The maximum atomic E-state index is 5.87. The molecule has 0 aromatic heterocycles. The van der Waals surface area contributed by atoms with Crippen LogP contribution in [0.25, 0.3) is 0 Å². The van der Waals surface area contributed by atoms with Crippen molar-refractivity contribution in [2.45, 2.75) is 37.6 Å². The summed E-state index contributed by atoms with van der Waals surface area (Å²) in [5.74, 6) is 0.418. The lowest BCUT2D eigenvalue weighted by Crippen LogP contribution is -2.21. The van der Waals surface area contributed by atoms with E-state index in [0.29, 0.717) is 5.92 Å². The molecule has 2 unspecified atom stereocenters. The Morgan fingerprint density at radius 2 is 1.79 bits per heavy atom. The molecule has 0 aliphatic heterocycles. The molecule has 14 heavy (non-hydrogen) atoms. The van der Waals surface area contributed by atoms with Gasteiger partial charge in [0, 0.05) is 5.92 Å². The van der Waals surface area contributed by atoms with Crippen LogP contribution in [0.2, 0.25) is 0 Å². The second-order valence-corrected chi connectivity index (χ2v) is 4.61. The van der Waals surface area contributed by atoms with E-state index >= 15 is 0 Å². The molecule has 0 radical (unpaired) electrons. The first kappa shape index (κ1) is 11.7. The summed E-state index contributed by atoms with van der Waals surface area (Å²) in [6, 6.07) is 8.75. The van der Waals surface area contributed by atoms with Crippen molar-refractivity contribution in [3.8, 4) is 0 Å². The van der Waals surface area contributed by atoms with Gasteiger partial charge in [0.25, 0.3) is 0 Å². The minimum absolute atomic E-state index is 0.0555. The van der Waals surface area contributed by atoms with Crippen LogP contribution in [0.4, 0.5) is 0 Å². The predicted molar refractivity (Wildman–Crippen MR) is 65.8 cm³/mol. The predicted octanol–water partition coefficient (Wildman–Crippen LogP) is 3.42. The average molecular weight is 256 g/mol. The number of hydrogen-bond donors (Lipinski definition) is 1. The van der Waals surface area contributed by atoms with Crippen molar-refractivity contribution in [2.24, 2.45) is 5.73 Å². The van der Waals surface area contributed by atoms with Crippen LogP contribution in [-0.4, -0.2) is 4.95 Å². The summed E-state index contributed by atoms with van der Waals surface area (Å²) in [7, 11) is 0. The van der Waals surface area contributed by atoms with Crippen molar-refractivity contribution in [1.29, 1.82) is 0 Å². The Morgan fingerprint density at radius 3 is 2.14 bits per heavy atom. The molecule has 0 aliphatic rings. The van der Waals surface area contributed by atoms with Crippen molar-refractivity contribution in [2.75, 3.05) is 0 Å². The molecule has 1 nitrogen and oxygen atoms in total. The summed E-state index contributed by atoms with van der Waals surface area (Å²) in [6.45, 7) is 4.34. The molecule has 1 aromatic carbocycles. The number of halogens is 1. The van der Waals surface area contributed by atoms with Gasteiger partial charge in [0.2, 0.25) is 0 Å². The maximum Gasteiger partial charge on any atom is 0.0674 e. The first-order valence-corrected chi connectivity index (χ1v) is 6.09. The van der Waals surface area contributed by atoms with Crippen molar-refractivity contribution >= 4 is 15.9 Å². The van der Waals surface area contributed by atoms with Crippen LogP contribution >= 0.6 is 15.9 Å². The van der Waals surface area contributed by atoms with Gasteiger partial charge in [-0.15, -0.1) is 0 Å². The number of aryl methyl sites for hydroxylation is 1. The zero-order chi connectivity index (χ0) is 10.6. The van der Waals surface area contributed by atoms with Gasteiger partial charge < -0.3 is 5.73 Å². The molecule has 0 amide bonds. The van der Waals surface area contributed by atoms with E-state index in [-0.39, 0.29) is 4.95 Å². The van der Waals surface area contributed by atoms with Crippen LogP contribution in [0.1, 0.15) is 37.3 Å². The van der Waals surface area contributed by atoms with Gasteiger partial charge in [-0.3, -0.25) is 0 Å². The van der Waals surface area contributed by atoms with Crippen molar-refractivity contribution in [3.63, 3.8) is 0 Å². The fourth-order valence-electron chi connectivity index (χ4n) is 1.65. The van der Waals surface area contributed by atoms with Gasteiger partial charge >= 0.3 is 0 Å². The Hall–Kier alpha value is -0.340. The van der Waals surface area contributed by atoms with Crippen molar-refractivity contribution in [1.82, 2.24) is 0 Å². The summed E-state index contributed by atoms with van der Waals surface area (Å²) < 4.78 is 0. The Balaban J connectivity index is 2.84. The van der Waals surface area contributed by atoms with Crippen molar-refractivity contribution in [3.05, 3.63) is 35.4 Å². The summed E-state index contributed by atoms with van der Waals surface area (Å²) in [5, 5.41) is 0. The smallest absolute Gasteiger partial charge is 0.0674 e. The average Bonchev–Trinajstić information content (AvgIpc) is 2.19. The third-order valence-electron chi connectivity index (χ3n) is 2.64. The quantitative estimate of drug-likeness (QED) is 0.648. The minimum Gasteiger partial charge on any atom is -0.318 e. The van der Waals surface area contributed by atoms with Crippen LogP contribution in [0.5, 0.6) is 0 Å². The lowest BCUT2D eigenvalue weighted by atomic mass is 9.95. The maximum absolute atomic E-state index is 5.87. The number of hydrogen-bond acceptors (Lipinski definition) is 1. The highest BCUT2D eigenvalue weighted by atomic mass is 79.9. The SMILES string of the molecule is CCc1ccc(C(CC)C(N)Br)cc1. The zero-order valence-corrected chi connectivity index (χ0v) is 10.4. The number of rotatable bonds is 4. The third kappa shape index (κ3) is 2.82. The molecule has 2 heteroatoms. The first-order valence-electron chi connectivity index (χ1n) is 5.17. The Labute approximate surface area is 94.8 Å². The normalized spacial score (nSPS) is 15.1. The second-order valence-electron chi connectivity index (χ2n) is 3.55. The molecular weight excluding hydrogens is 238 g/mol. The Morgan fingerprint density at radius 1 is 1.21 bits per heavy atom. The lowest BCUT2D eigenvalue weighted by molar-refractivity contribution is 0.647. The van der Waals surface area contributed by atoms with Gasteiger partial charge in [0.15, 0.2) is 0 Å². The largest absolute Gasteiger partial charge is 0.318 e. The van der Waals surface area contributed by atoms with Crippen LogP contribution in [0.3, 0.4) is 0 Å². The van der Waals surface area contributed by atoms with Gasteiger partial charge in [-0.1, -0.05) is 54.0 Å². The molecule has 0 spiro atoms. The summed E-state index contributed by atoms with van der Waals surface area (Å²) in [6.07, 6.45) is 2.16. The van der Waals surface area contributed by atoms with Gasteiger partial charge in [-0.25, -0.2) is 0 Å². The molecule has 1 rings (SSSR count). The monoisotopic (exact) mass is 255 g/mol. The lowest BCUT2D eigenvalue weighted by Gasteiger charge is -2.18. The fourth-order valence-corrected chi connectivity index (χ4v) is 2.32. The van der Waals surface area contributed by atoms with Crippen LogP contribution in [-0.2, 0) is 6.42 Å². The van der Waals surface area contributed by atoms with E-state index in [1.165, 1.54) is 11.1 Å². The topological polar surface area (TPSA) is 26.0 Å². The van der Waals surface area contributed by atoms with E-state index in [9.17, 15) is 0 Å². The molecule has 0 aliphatic carbocycles. The molecule has 2 N–H and O–H groups in total. The van der Waals surface area contributed by atoms with Crippen LogP contribution < -0.4 is 5.73 Å². The number of benzene rings is 1. The Bertz CT molecular complexity index is 266. The molecule has 0 saturated carbocycles. The molecule has 0 fully saturated rings. The van der Waals surface area contributed by atoms with E-state index in [0.717, 1.165) is 12.8 Å². The van der Waals surface area contributed by atoms with Gasteiger partial charge in [0.1, 0.15) is 0 Å². The van der Waals surface area contributed by atoms with E-state index < -0.39 is 0 Å². The summed E-state index contributed by atoms with van der Waals surface area (Å²) in [4.78, 5) is 0.0555. The second kappa shape index (κ2) is 5.52. The highest BCUT2D eigenvalue weighted by Gasteiger charge is 2.14. The van der Waals surface area contributed by atoms with Gasteiger partial charge in [-0.2, -0.15) is 0 Å². The number of nitrogens with two attached hydrogens (primary N) is 1. The molecule has 2 atom stereocenters. The van der Waals surface area contributed by atoms with E-state index in [2.05, 4.69) is 54.0 Å². The molecule has 0 heterocycles.